The van der Waals surface area contributed by atoms with Gasteiger partial charge in [-0.2, -0.15) is 0 Å². The smallest absolute Gasteiger partial charge is 0.169 e. The highest BCUT2D eigenvalue weighted by atomic mass is 16.5. The molecule has 0 amide bonds. The monoisotopic (exact) mass is 375 g/mol. The van der Waals surface area contributed by atoms with Crippen LogP contribution in [0.2, 0.25) is 0 Å². The van der Waals surface area contributed by atoms with Crippen LogP contribution < -0.4 is 9.47 Å². The van der Waals surface area contributed by atoms with E-state index in [0.717, 1.165) is 35.6 Å². The molecule has 0 N–H and O–H groups in total. The summed E-state index contributed by atoms with van der Waals surface area (Å²) in [5, 5.41) is 0. The Morgan fingerprint density at radius 3 is 2.71 bits per heavy atom. The van der Waals surface area contributed by atoms with Crippen molar-refractivity contribution in [1.29, 1.82) is 0 Å². The average molecular weight is 376 g/mol. The van der Waals surface area contributed by atoms with Crippen LogP contribution in [0.4, 0.5) is 0 Å². The average Bonchev–Trinajstić information content (AvgIpc) is 3.10. The zero-order valence-corrected chi connectivity index (χ0v) is 16.9. The molecule has 1 aliphatic carbocycles. The summed E-state index contributed by atoms with van der Waals surface area (Å²) in [4.78, 5) is 2.42. The van der Waals surface area contributed by atoms with E-state index < -0.39 is 0 Å². The van der Waals surface area contributed by atoms with Gasteiger partial charge in [0.25, 0.3) is 0 Å². The molecule has 28 heavy (non-hydrogen) atoms. The zero-order valence-electron chi connectivity index (χ0n) is 16.9. The van der Waals surface area contributed by atoms with E-state index in [1.807, 2.05) is 24.3 Å². The van der Waals surface area contributed by atoms with Gasteiger partial charge in [-0.3, -0.25) is 0 Å². The minimum Gasteiger partial charge on any atom is -0.493 e. The van der Waals surface area contributed by atoms with Crippen LogP contribution in [-0.4, -0.2) is 25.6 Å². The second-order valence-corrected chi connectivity index (χ2v) is 7.77. The van der Waals surface area contributed by atoms with Crippen LogP contribution in [0, 0.1) is 0 Å². The van der Waals surface area contributed by atoms with Crippen molar-refractivity contribution in [3.63, 3.8) is 0 Å². The van der Waals surface area contributed by atoms with Crippen LogP contribution in [0.15, 0.2) is 60.8 Å². The van der Waals surface area contributed by atoms with Gasteiger partial charge in [0.1, 0.15) is 6.61 Å². The summed E-state index contributed by atoms with van der Waals surface area (Å²) in [6.07, 6.45) is 9.07. The van der Waals surface area contributed by atoms with E-state index in [9.17, 15) is 0 Å². The fourth-order valence-electron chi connectivity index (χ4n) is 4.87. The molecule has 3 nitrogen and oxygen atoms in total. The summed E-state index contributed by atoms with van der Waals surface area (Å²) in [6, 6.07) is 14.5. The molecule has 1 heterocycles. The normalized spacial score (nSPS) is 21.1. The Hall–Kier alpha value is -2.68. The third kappa shape index (κ3) is 3.09. The standard InChI is InChI=1S/C25H29NO2/c1-4-20-21(25-15-9-8-12-23(25)26(2)17-16-25)13-14-22(27-3)24(20)28-18-19-10-6-5-7-11-19/h4-7,10-14H,1,8-9,15-18H2,2-3H3/t25-/m0/s1. The topological polar surface area (TPSA) is 21.7 Å². The minimum atomic E-state index is 0.0631. The van der Waals surface area contributed by atoms with Crippen LogP contribution >= 0.6 is 0 Å². The van der Waals surface area contributed by atoms with Gasteiger partial charge in [-0.05, 0) is 42.9 Å². The number of fused-ring (bicyclic) bond motifs is 1. The molecule has 1 aliphatic heterocycles. The van der Waals surface area contributed by atoms with Gasteiger partial charge in [-0.25, -0.2) is 0 Å². The fraction of sp³-hybridized carbons (Fsp3) is 0.360. The molecule has 2 aromatic carbocycles. The maximum Gasteiger partial charge on any atom is 0.169 e. The number of methoxy groups -OCH3 is 1. The lowest BCUT2D eigenvalue weighted by molar-refractivity contribution is 0.282. The van der Waals surface area contributed by atoms with E-state index in [-0.39, 0.29) is 5.41 Å². The number of ether oxygens (including phenoxy) is 2. The number of rotatable bonds is 6. The van der Waals surface area contributed by atoms with Crippen molar-refractivity contribution >= 4 is 6.08 Å². The molecule has 2 aliphatic rings. The summed E-state index contributed by atoms with van der Waals surface area (Å²) in [6.45, 7) is 5.74. The Morgan fingerprint density at radius 2 is 1.96 bits per heavy atom. The molecule has 0 radical (unpaired) electrons. The Kier molecular flexibility index (Phi) is 5.17. The fourth-order valence-corrected chi connectivity index (χ4v) is 4.87. The number of benzene rings is 2. The van der Waals surface area contributed by atoms with Crippen LogP contribution in [0.25, 0.3) is 6.08 Å². The van der Waals surface area contributed by atoms with E-state index in [1.54, 1.807) is 7.11 Å². The van der Waals surface area contributed by atoms with Crippen molar-refractivity contribution in [3.05, 3.63) is 77.5 Å². The second kappa shape index (κ2) is 7.75. The molecule has 2 aromatic rings. The Bertz CT molecular complexity index is 887. The van der Waals surface area contributed by atoms with Gasteiger partial charge in [0.05, 0.1) is 7.11 Å². The molecule has 1 saturated heterocycles. The van der Waals surface area contributed by atoms with Crippen molar-refractivity contribution in [3.8, 4) is 11.5 Å². The first-order valence-corrected chi connectivity index (χ1v) is 10.1. The quantitative estimate of drug-likeness (QED) is 0.660. The number of allylic oxidation sites excluding steroid dienone is 2. The molecule has 146 valence electrons. The molecule has 0 saturated carbocycles. The summed E-state index contributed by atoms with van der Waals surface area (Å²) in [5.41, 5.74) is 5.05. The summed E-state index contributed by atoms with van der Waals surface area (Å²) < 4.78 is 12.0. The first kappa shape index (κ1) is 18.7. The number of hydrogen-bond acceptors (Lipinski definition) is 3. The van der Waals surface area contributed by atoms with E-state index in [1.165, 1.54) is 30.5 Å². The van der Waals surface area contributed by atoms with Crippen molar-refractivity contribution in [1.82, 2.24) is 4.90 Å². The molecule has 1 fully saturated rings. The Balaban J connectivity index is 1.78. The van der Waals surface area contributed by atoms with Gasteiger partial charge in [0.15, 0.2) is 11.5 Å². The molecule has 0 unspecified atom stereocenters. The lowest BCUT2D eigenvalue weighted by Crippen LogP contribution is -2.30. The molecule has 0 aromatic heterocycles. The minimum absolute atomic E-state index is 0.0631. The summed E-state index contributed by atoms with van der Waals surface area (Å²) >= 11 is 0. The van der Waals surface area contributed by atoms with Crippen LogP contribution in [0.1, 0.15) is 42.4 Å². The predicted molar refractivity (Wildman–Crippen MR) is 115 cm³/mol. The molecular formula is C25H29NO2. The van der Waals surface area contributed by atoms with E-state index in [2.05, 4.69) is 48.9 Å². The summed E-state index contributed by atoms with van der Waals surface area (Å²) in [5.74, 6) is 1.56. The van der Waals surface area contributed by atoms with Crippen LogP contribution in [0.5, 0.6) is 11.5 Å². The van der Waals surface area contributed by atoms with Gasteiger partial charge >= 0.3 is 0 Å². The lowest BCUT2D eigenvalue weighted by atomic mass is 9.69. The second-order valence-electron chi connectivity index (χ2n) is 7.77. The highest BCUT2D eigenvalue weighted by molar-refractivity contribution is 5.68. The van der Waals surface area contributed by atoms with Crippen molar-refractivity contribution < 1.29 is 9.47 Å². The van der Waals surface area contributed by atoms with Gasteiger partial charge in [0.2, 0.25) is 0 Å². The first-order chi connectivity index (χ1) is 13.7. The van der Waals surface area contributed by atoms with Crippen molar-refractivity contribution in [2.45, 2.75) is 37.7 Å². The first-order valence-electron chi connectivity index (χ1n) is 10.1. The maximum atomic E-state index is 6.31. The third-order valence-electron chi connectivity index (χ3n) is 6.25. The van der Waals surface area contributed by atoms with E-state index in [0.29, 0.717) is 6.61 Å². The van der Waals surface area contributed by atoms with Crippen LogP contribution in [0.3, 0.4) is 0 Å². The number of nitrogens with zero attached hydrogens (tertiary/aromatic N) is 1. The van der Waals surface area contributed by atoms with Crippen LogP contribution in [-0.2, 0) is 12.0 Å². The number of hydrogen-bond donors (Lipinski definition) is 0. The highest BCUT2D eigenvalue weighted by Crippen LogP contribution is 2.52. The van der Waals surface area contributed by atoms with Gasteiger partial charge in [-0.15, -0.1) is 0 Å². The van der Waals surface area contributed by atoms with Gasteiger partial charge in [0, 0.05) is 30.3 Å². The maximum absolute atomic E-state index is 6.31. The predicted octanol–water partition coefficient (Wildman–Crippen LogP) is 5.56. The molecule has 0 bridgehead atoms. The molecule has 0 spiro atoms. The zero-order chi connectivity index (χ0) is 19.6. The van der Waals surface area contributed by atoms with Gasteiger partial charge in [-0.1, -0.05) is 55.1 Å². The molecule has 4 rings (SSSR count). The molecular weight excluding hydrogens is 346 g/mol. The largest absolute Gasteiger partial charge is 0.493 e. The van der Waals surface area contributed by atoms with E-state index in [4.69, 9.17) is 9.47 Å². The van der Waals surface area contributed by atoms with Crippen molar-refractivity contribution in [2.24, 2.45) is 0 Å². The third-order valence-corrected chi connectivity index (χ3v) is 6.25. The number of likely N-dealkylation sites (N-methyl/N-ethyl adjacent to an activating group) is 1. The number of likely N-dealkylation sites (tertiary alicyclic amines) is 1. The van der Waals surface area contributed by atoms with Gasteiger partial charge < -0.3 is 14.4 Å². The highest BCUT2D eigenvalue weighted by Gasteiger charge is 2.45. The molecule has 3 heteroatoms. The molecule has 1 atom stereocenters. The van der Waals surface area contributed by atoms with Crippen molar-refractivity contribution in [2.75, 3.05) is 20.7 Å². The Morgan fingerprint density at radius 1 is 1.14 bits per heavy atom. The SMILES string of the molecule is C=Cc1c([C@@]23CCCC=C2N(C)CC3)ccc(OC)c1OCc1ccccc1. The van der Waals surface area contributed by atoms with E-state index >= 15 is 0 Å². The lowest BCUT2D eigenvalue weighted by Gasteiger charge is -2.37. The Labute approximate surface area is 168 Å². The summed E-state index contributed by atoms with van der Waals surface area (Å²) in [7, 11) is 3.91.